The first-order chi connectivity index (χ1) is 18.8. The van der Waals surface area contributed by atoms with Gasteiger partial charge in [-0.15, -0.1) is 0 Å². The van der Waals surface area contributed by atoms with E-state index in [9.17, 15) is 24.6 Å². The van der Waals surface area contributed by atoms with Gasteiger partial charge < -0.3 is 14.9 Å². The Hall–Kier alpha value is -3.39. The Morgan fingerprint density at radius 1 is 1.03 bits per heavy atom. The summed E-state index contributed by atoms with van der Waals surface area (Å²) >= 11 is 0. The second-order valence-corrected chi connectivity index (χ2v) is 11.2. The number of aliphatic carboxylic acids is 1. The van der Waals surface area contributed by atoms with Crippen molar-refractivity contribution < 1.29 is 29.3 Å². The van der Waals surface area contributed by atoms with Gasteiger partial charge in [0, 0.05) is 11.6 Å². The molecular weight excluding hydrogens is 496 g/mol. The molecule has 2 aromatic carbocycles. The molecule has 5 rings (SSSR count). The lowest BCUT2D eigenvalue weighted by Crippen LogP contribution is -2.57. The van der Waals surface area contributed by atoms with E-state index >= 15 is 0 Å². The summed E-state index contributed by atoms with van der Waals surface area (Å²) in [6, 6.07) is 9.87. The fourth-order valence-electron chi connectivity index (χ4n) is 7.27. The number of carboxylic acids is 1. The van der Waals surface area contributed by atoms with Crippen LogP contribution >= 0.6 is 0 Å². The first kappa shape index (κ1) is 27.2. The molecule has 2 saturated heterocycles. The molecule has 4 atom stereocenters. The standard InChI is InChI=1S/C31H38N2O6/c1-4-19-13-9-14-20(5-2)26(19)33-28(35)23-24(29(33)36)31(30(37)38,17-18-11-7-6-8-12-18)32-25(23)21-15-10-16-22(39-3)27(21)34/h9-10,13-16,18,23-25,32,34H,4-8,11-12,17H2,1-3H3,(H,37,38). The number of benzene rings is 2. The molecule has 2 amide bonds. The molecule has 0 aromatic heterocycles. The number of anilines is 1. The molecule has 208 valence electrons. The smallest absolute Gasteiger partial charge is 0.324 e. The SMILES string of the molecule is CCc1cccc(CC)c1N1C(=O)C2C(c3cccc(OC)c3O)NC(CC3CCCCC3)(C(=O)O)C2C1=O. The van der Waals surface area contributed by atoms with Crippen molar-refractivity contribution >= 4 is 23.5 Å². The number of phenols is 1. The first-order valence-electron chi connectivity index (χ1n) is 14.1. The fraction of sp³-hybridized carbons (Fsp3) is 0.516. The van der Waals surface area contributed by atoms with Gasteiger partial charge in [0.15, 0.2) is 11.5 Å². The summed E-state index contributed by atoms with van der Waals surface area (Å²) in [5.41, 5.74) is 1.05. The highest BCUT2D eigenvalue weighted by Crippen LogP contribution is 2.55. The van der Waals surface area contributed by atoms with Gasteiger partial charge in [-0.1, -0.05) is 76.3 Å². The predicted molar refractivity (Wildman–Crippen MR) is 147 cm³/mol. The molecule has 2 aromatic rings. The fourth-order valence-corrected chi connectivity index (χ4v) is 7.27. The van der Waals surface area contributed by atoms with Crippen LogP contribution in [0.15, 0.2) is 36.4 Å². The maximum atomic E-state index is 14.4. The van der Waals surface area contributed by atoms with E-state index in [1.54, 1.807) is 18.2 Å². The van der Waals surface area contributed by atoms with Gasteiger partial charge in [0.1, 0.15) is 5.54 Å². The van der Waals surface area contributed by atoms with Crippen LogP contribution in [0.2, 0.25) is 0 Å². The zero-order valence-corrected chi connectivity index (χ0v) is 22.9. The van der Waals surface area contributed by atoms with Crippen molar-refractivity contribution in [1.29, 1.82) is 0 Å². The van der Waals surface area contributed by atoms with E-state index in [1.165, 1.54) is 12.0 Å². The number of carbonyl (C=O) groups is 3. The topological polar surface area (TPSA) is 116 Å². The number of nitrogens with one attached hydrogen (secondary N) is 1. The third-order valence-corrected chi connectivity index (χ3v) is 9.14. The summed E-state index contributed by atoms with van der Waals surface area (Å²) in [5.74, 6) is -3.91. The van der Waals surface area contributed by atoms with E-state index in [0.29, 0.717) is 24.1 Å². The number of imide groups is 1. The van der Waals surface area contributed by atoms with Crippen LogP contribution in [0.4, 0.5) is 5.69 Å². The lowest BCUT2D eigenvalue weighted by Gasteiger charge is -2.36. The lowest BCUT2D eigenvalue weighted by atomic mass is 9.72. The Labute approximate surface area is 229 Å². The summed E-state index contributed by atoms with van der Waals surface area (Å²) in [4.78, 5) is 43.2. The van der Waals surface area contributed by atoms with Gasteiger partial charge in [0.25, 0.3) is 0 Å². The number of carboxylic acid groups (broad SMARTS) is 1. The number of para-hydroxylation sites is 2. The Kier molecular flexibility index (Phi) is 7.42. The molecule has 3 aliphatic rings. The monoisotopic (exact) mass is 534 g/mol. The lowest BCUT2D eigenvalue weighted by molar-refractivity contribution is -0.150. The summed E-state index contributed by atoms with van der Waals surface area (Å²) in [6.07, 6.45) is 6.47. The van der Waals surface area contributed by atoms with Gasteiger partial charge in [0.2, 0.25) is 11.8 Å². The number of hydrogen-bond donors (Lipinski definition) is 3. The molecule has 4 unspecified atom stereocenters. The quantitative estimate of drug-likeness (QED) is 0.418. The van der Waals surface area contributed by atoms with Crippen LogP contribution in [0.5, 0.6) is 11.5 Å². The molecular formula is C31H38N2O6. The first-order valence-corrected chi connectivity index (χ1v) is 14.1. The summed E-state index contributed by atoms with van der Waals surface area (Å²) in [5, 5.41) is 25.2. The molecule has 0 radical (unpaired) electrons. The van der Waals surface area contributed by atoms with Crippen molar-refractivity contribution in [3.05, 3.63) is 53.1 Å². The highest BCUT2D eigenvalue weighted by molar-refractivity contribution is 6.25. The van der Waals surface area contributed by atoms with Gasteiger partial charge in [-0.05, 0) is 42.4 Å². The largest absolute Gasteiger partial charge is 0.504 e. The van der Waals surface area contributed by atoms with E-state index in [4.69, 9.17) is 4.74 Å². The molecule has 3 N–H and O–H groups in total. The Morgan fingerprint density at radius 2 is 1.67 bits per heavy atom. The van der Waals surface area contributed by atoms with E-state index in [0.717, 1.165) is 43.2 Å². The van der Waals surface area contributed by atoms with Gasteiger partial charge in [-0.2, -0.15) is 0 Å². The summed E-state index contributed by atoms with van der Waals surface area (Å²) < 4.78 is 5.32. The third kappa shape index (κ3) is 4.29. The van der Waals surface area contributed by atoms with Crippen molar-refractivity contribution in [2.24, 2.45) is 17.8 Å². The number of rotatable bonds is 8. The highest BCUT2D eigenvalue weighted by atomic mass is 16.5. The number of aromatic hydroxyl groups is 1. The molecule has 8 nitrogen and oxygen atoms in total. The van der Waals surface area contributed by atoms with Crippen LogP contribution in [0.25, 0.3) is 0 Å². The number of carbonyl (C=O) groups excluding carboxylic acids is 2. The average molecular weight is 535 g/mol. The van der Waals surface area contributed by atoms with Crippen molar-refractivity contribution in [2.45, 2.75) is 76.8 Å². The maximum Gasteiger partial charge on any atom is 0.324 e. The zero-order valence-electron chi connectivity index (χ0n) is 22.9. The zero-order chi connectivity index (χ0) is 27.9. The number of phenolic OH excluding ortho intramolecular Hbond substituents is 1. The highest BCUT2D eigenvalue weighted by Gasteiger charge is 2.69. The van der Waals surface area contributed by atoms with Crippen LogP contribution in [0.1, 0.15) is 75.1 Å². The predicted octanol–water partition coefficient (Wildman–Crippen LogP) is 4.77. The van der Waals surface area contributed by atoms with Gasteiger partial charge in [-0.25, -0.2) is 4.90 Å². The minimum absolute atomic E-state index is 0.131. The van der Waals surface area contributed by atoms with Gasteiger partial charge in [0.05, 0.1) is 24.6 Å². The molecule has 1 saturated carbocycles. The van der Waals surface area contributed by atoms with Gasteiger partial charge >= 0.3 is 5.97 Å². The number of hydrogen-bond acceptors (Lipinski definition) is 6. The Bertz CT molecular complexity index is 1260. The second kappa shape index (κ2) is 10.6. The second-order valence-electron chi connectivity index (χ2n) is 11.2. The number of aryl methyl sites for hydroxylation is 2. The number of methoxy groups -OCH3 is 1. The molecule has 0 spiro atoms. The molecule has 2 heterocycles. The average Bonchev–Trinajstić information content (AvgIpc) is 3.42. The number of ether oxygens (including phenoxy) is 1. The minimum atomic E-state index is -1.64. The minimum Gasteiger partial charge on any atom is -0.504 e. The third-order valence-electron chi connectivity index (χ3n) is 9.14. The molecule has 3 fully saturated rings. The van der Waals surface area contributed by atoms with Crippen LogP contribution in [-0.2, 0) is 27.2 Å². The van der Waals surface area contributed by atoms with E-state index in [2.05, 4.69) is 5.32 Å². The molecule has 8 heteroatoms. The van der Waals surface area contributed by atoms with Crippen LogP contribution in [-0.4, -0.2) is 40.6 Å². The number of fused-ring (bicyclic) bond motifs is 1. The maximum absolute atomic E-state index is 14.4. The number of nitrogens with zero attached hydrogens (tertiary/aromatic N) is 1. The van der Waals surface area contributed by atoms with Crippen molar-refractivity contribution in [3.63, 3.8) is 0 Å². The van der Waals surface area contributed by atoms with Crippen molar-refractivity contribution in [2.75, 3.05) is 12.0 Å². The summed E-state index contributed by atoms with van der Waals surface area (Å²) in [7, 11) is 1.44. The number of amides is 2. The van der Waals surface area contributed by atoms with Crippen molar-refractivity contribution in [3.8, 4) is 11.5 Å². The molecule has 2 aliphatic heterocycles. The Balaban J connectivity index is 1.69. The van der Waals surface area contributed by atoms with Crippen LogP contribution in [0, 0.1) is 17.8 Å². The van der Waals surface area contributed by atoms with Crippen LogP contribution in [0.3, 0.4) is 0 Å². The van der Waals surface area contributed by atoms with E-state index < -0.39 is 41.2 Å². The summed E-state index contributed by atoms with van der Waals surface area (Å²) in [6.45, 7) is 3.96. The van der Waals surface area contributed by atoms with Crippen molar-refractivity contribution in [1.82, 2.24) is 5.32 Å². The molecule has 0 bridgehead atoms. The normalized spacial score (nSPS) is 27.2. The van der Waals surface area contributed by atoms with Gasteiger partial charge in [-0.3, -0.25) is 19.7 Å². The van der Waals surface area contributed by atoms with E-state index in [1.807, 2.05) is 32.0 Å². The molecule has 1 aliphatic carbocycles. The Morgan fingerprint density at radius 3 is 2.26 bits per heavy atom. The molecule has 39 heavy (non-hydrogen) atoms. The van der Waals surface area contributed by atoms with Crippen LogP contribution < -0.4 is 15.0 Å². The van der Waals surface area contributed by atoms with E-state index in [-0.39, 0.29) is 23.8 Å².